The number of ether oxygens (including phenoxy) is 2. The summed E-state index contributed by atoms with van der Waals surface area (Å²) in [6, 6.07) is 24.8. The predicted molar refractivity (Wildman–Crippen MR) is 171 cm³/mol. The summed E-state index contributed by atoms with van der Waals surface area (Å²) in [4.78, 5) is 35.6. The molecule has 0 saturated carbocycles. The van der Waals surface area contributed by atoms with Crippen molar-refractivity contribution in [3.63, 3.8) is 0 Å². The van der Waals surface area contributed by atoms with Crippen molar-refractivity contribution >= 4 is 34.8 Å². The number of benzene rings is 3. The third-order valence-corrected chi connectivity index (χ3v) is 8.59. The first kappa shape index (κ1) is 28.7. The summed E-state index contributed by atoms with van der Waals surface area (Å²) in [5.41, 5.74) is 4.33. The molecular formula is C35H35N3O4S. The molecule has 6 rings (SSSR count). The Morgan fingerprint density at radius 2 is 1.70 bits per heavy atom. The van der Waals surface area contributed by atoms with Crippen LogP contribution < -0.4 is 24.5 Å². The van der Waals surface area contributed by atoms with Gasteiger partial charge in [-0.05, 0) is 75.1 Å². The molecule has 1 atom stereocenters. The molecule has 0 spiro atoms. The number of aromatic nitrogens is 1. The molecule has 0 amide bonds. The van der Waals surface area contributed by atoms with Crippen molar-refractivity contribution in [2.24, 2.45) is 4.99 Å². The summed E-state index contributed by atoms with van der Waals surface area (Å²) < 4.78 is 13.6. The van der Waals surface area contributed by atoms with Crippen LogP contribution in [-0.2, 0) is 9.53 Å². The van der Waals surface area contributed by atoms with Gasteiger partial charge in [-0.3, -0.25) is 9.36 Å². The molecule has 43 heavy (non-hydrogen) atoms. The van der Waals surface area contributed by atoms with Crippen LogP contribution in [0.1, 0.15) is 56.3 Å². The number of hydrogen-bond donors (Lipinski definition) is 0. The SMILES string of the molecule is CCOC(=O)C1=C(c2ccccc2)N=c2s/c(=C\c3ccc(N4CCCC4)cc3)c(=O)n2[C@H]1c1ccc(OC(C)C)cc1. The molecule has 2 aliphatic heterocycles. The Morgan fingerprint density at radius 1 is 1.00 bits per heavy atom. The van der Waals surface area contributed by atoms with E-state index in [1.165, 1.54) is 29.9 Å². The van der Waals surface area contributed by atoms with Crippen LogP contribution in [0.15, 0.2) is 94.2 Å². The van der Waals surface area contributed by atoms with Gasteiger partial charge < -0.3 is 14.4 Å². The Labute approximate surface area is 255 Å². The number of nitrogens with zero attached hydrogens (tertiary/aromatic N) is 3. The first-order valence-electron chi connectivity index (χ1n) is 14.8. The van der Waals surface area contributed by atoms with Crippen molar-refractivity contribution in [3.05, 3.63) is 121 Å². The molecule has 7 nitrogen and oxygen atoms in total. The highest BCUT2D eigenvalue weighted by atomic mass is 32.1. The molecule has 220 valence electrons. The lowest BCUT2D eigenvalue weighted by molar-refractivity contribution is -0.138. The van der Waals surface area contributed by atoms with Crippen LogP contribution >= 0.6 is 11.3 Å². The van der Waals surface area contributed by atoms with E-state index >= 15 is 0 Å². The molecule has 4 aromatic rings. The Bertz CT molecular complexity index is 1820. The molecule has 0 aliphatic carbocycles. The standard InChI is InChI=1S/C35H35N3O4S/c1-4-41-34(40)30-31(25-10-6-5-7-11-25)36-35-38(32(30)26-14-18-28(19-15-26)42-23(2)3)33(39)29(43-35)22-24-12-16-27(17-13-24)37-20-8-9-21-37/h5-7,10-19,22-23,32H,4,8-9,20-21H2,1-3H3/b29-22-/t32-/m0/s1. The van der Waals surface area contributed by atoms with Gasteiger partial charge in [-0.15, -0.1) is 0 Å². The van der Waals surface area contributed by atoms with E-state index in [4.69, 9.17) is 14.5 Å². The lowest BCUT2D eigenvalue weighted by atomic mass is 9.93. The van der Waals surface area contributed by atoms with E-state index in [0.717, 1.165) is 29.8 Å². The van der Waals surface area contributed by atoms with Gasteiger partial charge in [0.2, 0.25) is 0 Å². The average Bonchev–Trinajstić information content (AvgIpc) is 3.66. The minimum Gasteiger partial charge on any atom is -0.491 e. The van der Waals surface area contributed by atoms with E-state index < -0.39 is 12.0 Å². The molecule has 2 aliphatic rings. The number of fused-ring (bicyclic) bond motifs is 1. The van der Waals surface area contributed by atoms with E-state index in [0.29, 0.717) is 26.4 Å². The first-order chi connectivity index (χ1) is 20.9. The maximum Gasteiger partial charge on any atom is 0.338 e. The smallest absolute Gasteiger partial charge is 0.338 e. The molecule has 1 saturated heterocycles. The fourth-order valence-corrected chi connectivity index (χ4v) is 6.67. The maximum atomic E-state index is 14.1. The highest BCUT2D eigenvalue weighted by Crippen LogP contribution is 2.35. The largest absolute Gasteiger partial charge is 0.491 e. The van der Waals surface area contributed by atoms with Crippen LogP contribution in [0, 0.1) is 0 Å². The average molecular weight is 594 g/mol. The molecule has 3 aromatic carbocycles. The molecule has 3 heterocycles. The van der Waals surface area contributed by atoms with Crippen LogP contribution in [0.25, 0.3) is 11.8 Å². The number of carbonyl (C=O) groups excluding carboxylic acids is 1. The van der Waals surface area contributed by atoms with Crippen molar-refractivity contribution in [2.45, 2.75) is 45.8 Å². The zero-order valence-corrected chi connectivity index (χ0v) is 25.5. The van der Waals surface area contributed by atoms with Gasteiger partial charge in [-0.2, -0.15) is 0 Å². The molecule has 1 aromatic heterocycles. The third kappa shape index (κ3) is 5.92. The summed E-state index contributed by atoms with van der Waals surface area (Å²) in [5, 5.41) is 0. The van der Waals surface area contributed by atoms with Gasteiger partial charge >= 0.3 is 5.97 Å². The lowest BCUT2D eigenvalue weighted by Crippen LogP contribution is -2.40. The number of esters is 1. The Balaban J connectivity index is 1.52. The summed E-state index contributed by atoms with van der Waals surface area (Å²) in [6.45, 7) is 8.08. The van der Waals surface area contributed by atoms with Crippen molar-refractivity contribution in [3.8, 4) is 5.75 Å². The fraction of sp³-hybridized carbons (Fsp3) is 0.286. The van der Waals surface area contributed by atoms with Gasteiger partial charge in [-0.1, -0.05) is 65.9 Å². The van der Waals surface area contributed by atoms with Crippen LogP contribution in [0.2, 0.25) is 0 Å². The molecule has 0 unspecified atom stereocenters. The Morgan fingerprint density at radius 3 is 2.35 bits per heavy atom. The third-order valence-electron chi connectivity index (χ3n) is 7.60. The number of thiazole rings is 1. The second-order valence-electron chi connectivity index (χ2n) is 11.0. The van der Waals surface area contributed by atoms with Crippen molar-refractivity contribution in [1.82, 2.24) is 4.57 Å². The van der Waals surface area contributed by atoms with Gasteiger partial charge in [0.05, 0.1) is 34.6 Å². The summed E-state index contributed by atoms with van der Waals surface area (Å²) >= 11 is 1.33. The normalized spacial score (nSPS) is 16.8. The van der Waals surface area contributed by atoms with Gasteiger partial charge in [0.15, 0.2) is 4.80 Å². The van der Waals surface area contributed by atoms with E-state index in [1.807, 2.05) is 74.5 Å². The highest BCUT2D eigenvalue weighted by Gasteiger charge is 2.35. The summed E-state index contributed by atoms with van der Waals surface area (Å²) in [6.07, 6.45) is 4.37. The fourth-order valence-electron chi connectivity index (χ4n) is 5.66. The predicted octanol–water partition coefficient (Wildman–Crippen LogP) is 5.32. The van der Waals surface area contributed by atoms with E-state index in [2.05, 4.69) is 29.2 Å². The van der Waals surface area contributed by atoms with Gasteiger partial charge in [0.25, 0.3) is 5.56 Å². The molecule has 8 heteroatoms. The van der Waals surface area contributed by atoms with Crippen molar-refractivity contribution in [1.29, 1.82) is 0 Å². The number of hydrogen-bond acceptors (Lipinski definition) is 7. The summed E-state index contributed by atoms with van der Waals surface area (Å²) in [5.74, 6) is 0.220. The minimum absolute atomic E-state index is 0.0209. The van der Waals surface area contributed by atoms with E-state index in [1.54, 1.807) is 11.5 Å². The minimum atomic E-state index is -0.724. The van der Waals surface area contributed by atoms with Crippen molar-refractivity contribution < 1.29 is 14.3 Å². The van der Waals surface area contributed by atoms with Gasteiger partial charge in [0.1, 0.15) is 5.75 Å². The number of rotatable bonds is 8. The molecule has 0 radical (unpaired) electrons. The van der Waals surface area contributed by atoms with Crippen LogP contribution in [0.3, 0.4) is 0 Å². The Kier molecular flexibility index (Phi) is 8.29. The zero-order valence-electron chi connectivity index (χ0n) is 24.7. The quantitative estimate of drug-likeness (QED) is 0.259. The molecule has 0 bridgehead atoms. The monoisotopic (exact) mass is 593 g/mol. The van der Waals surface area contributed by atoms with Crippen LogP contribution in [-0.4, -0.2) is 36.3 Å². The second-order valence-corrected chi connectivity index (χ2v) is 12.0. The second kappa shape index (κ2) is 12.4. The van der Waals surface area contributed by atoms with E-state index in [9.17, 15) is 9.59 Å². The van der Waals surface area contributed by atoms with Crippen molar-refractivity contribution in [2.75, 3.05) is 24.6 Å². The van der Waals surface area contributed by atoms with Crippen LogP contribution in [0.4, 0.5) is 5.69 Å². The Hall–Kier alpha value is -4.43. The summed E-state index contributed by atoms with van der Waals surface area (Å²) in [7, 11) is 0. The zero-order chi connectivity index (χ0) is 29.9. The molecule has 1 fully saturated rings. The van der Waals surface area contributed by atoms with Crippen LogP contribution in [0.5, 0.6) is 5.75 Å². The lowest BCUT2D eigenvalue weighted by Gasteiger charge is -2.26. The molecular weight excluding hydrogens is 558 g/mol. The van der Waals surface area contributed by atoms with E-state index in [-0.39, 0.29) is 18.3 Å². The topological polar surface area (TPSA) is 73.1 Å². The first-order valence-corrected chi connectivity index (χ1v) is 15.6. The highest BCUT2D eigenvalue weighted by molar-refractivity contribution is 7.07. The number of carbonyl (C=O) groups is 1. The van der Waals surface area contributed by atoms with Gasteiger partial charge in [-0.25, -0.2) is 9.79 Å². The van der Waals surface area contributed by atoms with Gasteiger partial charge in [0, 0.05) is 24.3 Å². The maximum absolute atomic E-state index is 14.1. The number of anilines is 1. The molecule has 0 N–H and O–H groups in total.